The molecule has 2 heterocycles. The Morgan fingerprint density at radius 1 is 1.53 bits per heavy atom. The van der Waals surface area contributed by atoms with E-state index < -0.39 is 0 Å². The topological polar surface area (TPSA) is 69.8 Å². The van der Waals surface area contributed by atoms with Crippen LogP contribution in [0.15, 0.2) is 24.4 Å². The molecule has 5 nitrogen and oxygen atoms in total. The van der Waals surface area contributed by atoms with Gasteiger partial charge in [-0.05, 0) is 25.5 Å². The van der Waals surface area contributed by atoms with Crippen molar-refractivity contribution in [1.29, 1.82) is 0 Å². The number of rotatable bonds is 3. The number of anilines is 1. The molecule has 2 aromatic rings. The number of nitrogens with one attached hydrogen (secondary N) is 3. The summed E-state index contributed by atoms with van der Waals surface area (Å²) >= 11 is 0. The molecule has 0 saturated carbocycles. The lowest BCUT2D eigenvalue weighted by Crippen LogP contribution is -2.37. The number of aromatic nitrogens is 2. The van der Waals surface area contributed by atoms with Gasteiger partial charge in [-0.1, -0.05) is 19.1 Å². The number of para-hydroxylation sites is 1. The van der Waals surface area contributed by atoms with E-state index in [1.165, 1.54) is 0 Å². The molecule has 100 valence electrons. The second-order valence-corrected chi connectivity index (χ2v) is 5.15. The van der Waals surface area contributed by atoms with E-state index in [2.05, 4.69) is 27.8 Å². The number of hydrogen-bond acceptors (Lipinski definition) is 3. The van der Waals surface area contributed by atoms with Gasteiger partial charge in [0.2, 0.25) is 5.91 Å². The zero-order valence-corrected chi connectivity index (χ0v) is 11.0. The Morgan fingerprint density at radius 3 is 3.16 bits per heavy atom. The van der Waals surface area contributed by atoms with Gasteiger partial charge < -0.3 is 10.6 Å². The maximum absolute atomic E-state index is 12.5. The maximum Gasteiger partial charge on any atom is 0.231 e. The number of fused-ring (bicyclic) bond motifs is 1. The van der Waals surface area contributed by atoms with Crippen LogP contribution in [0.3, 0.4) is 0 Å². The number of amides is 1. The summed E-state index contributed by atoms with van der Waals surface area (Å²) in [6.07, 6.45) is 3.51. The van der Waals surface area contributed by atoms with Gasteiger partial charge in [0.1, 0.15) is 0 Å². The predicted molar refractivity (Wildman–Crippen MR) is 74.9 cm³/mol. The van der Waals surface area contributed by atoms with E-state index in [1.54, 1.807) is 6.20 Å². The Bertz CT molecular complexity index is 598. The zero-order chi connectivity index (χ0) is 13.3. The highest BCUT2D eigenvalue weighted by atomic mass is 16.2. The summed E-state index contributed by atoms with van der Waals surface area (Å²) in [7, 11) is 0. The van der Waals surface area contributed by atoms with Gasteiger partial charge in [0, 0.05) is 11.9 Å². The molecular weight excluding hydrogens is 240 g/mol. The molecule has 1 amide bonds. The fraction of sp³-hybridized carbons (Fsp3) is 0.429. The van der Waals surface area contributed by atoms with Crippen molar-refractivity contribution in [2.75, 3.05) is 18.4 Å². The van der Waals surface area contributed by atoms with E-state index in [0.29, 0.717) is 0 Å². The normalized spacial score (nSPS) is 22.8. The molecular formula is C14H18N4O. The first-order chi connectivity index (χ1) is 9.25. The van der Waals surface area contributed by atoms with E-state index in [9.17, 15) is 4.79 Å². The average molecular weight is 258 g/mol. The van der Waals surface area contributed by atoms with Crippen molar-refractivity contribution in [1.82, 2.24) is 15.5 Å². The van der Waals surface area contributed by atoms with Gasteiger partial charge in [0.05, 0.1) is 22.8 Å². The smallest absolute Gasteiger partial charge is 0.231 e. The van der Waals surface area contributed by atoms with Crippen LogP contribution in [0.4, 0.5) is 5.69 Å². The Hall–Kier alpha value is -1.88. The summed E-state index contributed by atoms with van der Waals surface area (Å²) in [5.74, 6) is 0.0992. The first-order valence-corrected chi connectivity index (χ1v) is 6.69. The van der Waals surface area contributed by atoms with Crippen LogP contribution in [0, 0.1) is 5.41 Å². The van der Waals surface area contributed by atoms with Crippen LogP contribution in [-0.4, -0.2) is 29.2 Å². The van der Waals surface area contributed by atoms with Crippen LogP contribution < -0.4 is 10.6 Å². The van der Waals surface area contributed by atoms with Crippen molar-refractivity contribution in [2.45, 2.75) is 19.8 Å². The fourth-order valence-electron chi connectivity index (χ4n) is 2.73. The predicted octanol–water partition coefficient (Wildman–Crippen LogP) is 1.89. The minimum Gasteiger partial charge on any atom is -0.324 e. The van der Waals surface area contributed by atoms with E-state index in [1.807, 2.05) is 18.2 Å². The van der Waals surface area contributed by atoms with Gasteiger partial charge in [-0.15, -0.1) is 0 Å². The zero-order valence-electron chi connectivity index (χ0n) is 11.0. The van der Waals surface area contributed by atoms with E-state index in [0.717, 1.165) is 42.5 Å². The summed E-state index contributed by atoms with van der Waals surface area (Å²) in [5.41, 5.74) is 1.41. The van der Waals surface area contributed by atoms with Gasteiger partial charge in [0.25, 0.3) is 0 Å². The Kier molecular flexibility index (Phi) is 2.98. The molecule has 1 aromatic heterocycles. The van der Waals surface area contributed by atoms with Crippen LogP contribution in [0.25, 0.3) is 10.9 Å². The van der Waals surface area contributed by atoms with Gasteiger partial charge in [-0.2, -0.15) is 5.10 Å². The minimum absolute atomic E-state index is 0.0992. The number of carbonyl (C=O) groups is 1. The van der Waals surface area contributed by atoms with E-state index in [-0.39, 0.29) is 11.3 Å². The number of nitrogens with zero attached hydrogens (tertiary/aromatic N) is 1. The first-order valence-electron chi connectivity index (χ1n) is 6.69. The molecule has 19 heavy (non-hydrogen) atoms. The molecule has 3 N–H and O–H groups in total. The largest absolute Gasteiger partial charge is 0.324 e. The summed E-state index contributed by atoms with van der Waals surface area (Å²) in [4.78, 5) is 12.5. The van der Waals surface area contributed by atoms with Crippen molar-refractivity contribution in [3.8, 4) is 0 Å². The average Bonchev–Trinajstić information content (AvgIpc) is 3.08. The lowest BCUT2D eigenvalue weighted by molar-refractivity contribution is -0.124. The summed E-state index contributed by atoms with van der Waals surface area (Å²) in [5, 5.41) is 14.3. The molecule has 1 unspecified atom stereocenters. The third-order valence-corrected chi connectivity index (χ3v) is 4.13. The molecule has 1 saturated heterocycles. The quantitative estimate of drug-likeness (QED) is 0.787. The highest BCUT2D eigenvalue weighted by molar-refractivity contribution is 6.02. The van der Waals surface area contributed by atoms with Crippen molar-refractivity contribution < 1.29 is 4.79 Å². The summed E-state index contributed by atoms with van der Waals surface area (Å²) < 4.78 is 0. The SMILES string of the molecule is CCC1(C(=O)Nc2cccc3cn[nH]c23)CCNC1. The highest BCUT2D eigenvalue weighted by Gasteiger charge is 2.39. The van der Waals surface area contributed by atoms with Crippen LogP contribution >= 0.6 is 0 Å². The molecule has 5 heteroatoms. The lowest BCUT2D eigenvalue weighted by Gasteiger charge is -2.25. The minimum atomic E-state index is -0.276. The van der Waals surface area contributed by atoms with Gasteiger partial charge in [-0.25, -0.2) is 0 Å². The second-order valence-electron chi connectivity index (χ2n) is 5.15. The summed E-state index contributed by atoms with van der Waals surface area (Å²) in [6, 6.07) is 5.81. The van der Waals surface area contributed by atoms with Gasteiger partial charge >= 0.3 is 0 Å². The second kappa shape index (κ2) is 4.66. The number of H-pyrrole nitrogens is 1. The lowest BCUT2D eigenvalue weighted by atomic mass is 9.83. The highest BCUT2D eigenvalue weighted by Crippen LogP contribution is 2.32. The van der Waals surface area contributed by atoms with Crippen LogP contribution in [0.5, 0.6) is 0 Å². The van der Waals surface area contributed by atoms with Crippen LogP contribution in [0.1, 0.15) is 19.8 Å². The fourth-order valence-corrected chi connectivity index (χ4v) is 2.73. The van der Waals surface area contributed by atoms with Crippen molar-refractivity contribution in [3.63, 3.8) is 0 Å². The third kappa shape index (κ3) is 2.00. The molecule has 0 radical (unpaired) electrons. The van der Waals surface area contributed by atoms with E-state index >= 15 is 0 Å². The number of hydrogen-bond donors (Lipinski definition) is 3. The molecule has 1 aromatic carbocycles. The van der Waals surface area contributed by atoms with Crippen molar-refractivity contribution >= 4 is 22.5 Å². The molecule has 1 aliphatic heterocycles. The van der Waals surface area contributed by atoms with Gasteiger partial charge in [0.15, 0.2) is 0 Å². The van der Waals surface area contributed by atoms with E-state index in [4.69, 9.17) is 0 Å². The van der Waals surface area contributed by atoms with Gasteiger partial charge in [-0.3, -0.25) is 9.89 Å². The number of benzene rings is 1. The Balaban J connectivity index is 1.88. The maximum atomic E-state index is 12.5. The molecule has 3 rings (SSSR count). The monoisotopic (exact) mass is 258 g/mol. The molecule has 0 aliphatic carbocycles. The standard InChI is InChI=1S/C14H18N4O/c1-2-14(6-7-15-9-14)13(19)17-11-5-3-4-10-8-16-18-12(10)11/h3-5,8,15H,2,6-7,9H2,1H3,(H,16,18)(H,17,19). The summed E-state index contributed by atoms with van der Waals surface area (Å²) in [6.45, 7) is 3.74. The Labute approximate surface area is 111 Å². The number of aromatic amines is 1. The molecule has 1 aliphatic rings. The number of carbonyl (C=O) groups excluding carboxylic acids is 1. The molecule has 1 atom stereocenters. The first kappa shape index (κ1) is 12.2. The van der Waals surface area contributed by atoms with Crippen LogP contribution in [0.2, 0.25) is 0 Å². The molecule has 1 fully saturated rings. The molecule has 0 spiro atoms. The van der Waals surface area contributed by atoms with Crippen molar-refractivity contribution in [3.05, 3.63) is 24.4 Å². The third-order valence-electron chi connectivity index (χ3n) is 4.13. The molecule has 0 bridgehead atoms. The Morgan fingerprint density at radius 2 is 2.42 bits per heavy atom. The van der Waals surface area contributed by atoms with Crippen molar-refractivity contribution in [2.24, 2.45) is 5.41 Å². The van der Waals surface area contributed by atoms with Crippen LogP contribution in [-0.2, 0) is 4.79 Å².